The molecule has 0 bridgehead atoms. The highest BCUT2D eigenvalue weighted by Gasteiger charge is 2.18. The number of halogens is 2. The predicted octanol–water partition coefficient (Wildman–Crippen LogP) is 6.58. The molecule has 6 nitrogen and oxygen atoms in total. The lowest BCUT2D eigenvalue weighted by Crippen LogP contribution is -2.28. The zero-order valence-electron chi connectivity index (χ0n) is 20.1. The average molecular weight is 509 g/mol. The first kappa shape index (κ1) is 25.3. The number of carboxylic acids is 1. The fourth-order valence-electron chi connectivity index (χ4n) is 4.18. The third-order valence-corrected chi connectivity index (χ3v) is 6.37. The van der Waals surface area contributed by atoms with Crippen molar-refractivity contribution >= 4 is 34.4 Å². The van der Waals surface area contributed by atoms with Gasteiger partial charge in [0.2, 0.25) is 0 Å². The fraction of sp³-hybridized carbons (Fsp3) is 0.214. The molecular weight excluding hydrogens is 483 g/mol. The van der Waals surface area contributed by atoms with Crippen molar-refractivity contribution in [1.29, 1.82) is 0 Å². The molecule has 1 heterocycles. The Morgan fingerprint density at radius 2 is 1.86 bits per heavy atom. The summed E-state index contributed by atoms with van der Waals surface area (Å²) in [7, 11) is 1.80. The van der Waals surface area contributed by atoms with Crippen LogP contribution in [0.25, 0.3) is 10.9 Å². The highest BCUT2D eigenvalue weighted by atomic mass is 35.5. The van der Waals surface area contributed by atoms with E-state index in [0.717, 1.165) is 22.0 Å². The number of benzene rings is 3. The molecule has 0 radical (unpaired) electrons. The van der Waals surface area contributed by atoms with Crippen molar-refractivity contribution in [3.8, 4) is 11.5 Å². The van der Waals surface area contributed by atoms with Gasteiger partial charge in [-0.05, 0) is 85.5 Å². The van der Waals surface area contributed by atoms with Gasteiger partial charge in [0.15, 0.2) is 0 Å². The van der Waals surface area contributed by atoms with Crippen molar-refractivity contribution in [3.63, 3.8) is 0 Å². The van der Waals surface area contributed by atoms with Crippen LogP contribution in [0.2, 0.25) is 5.02 Å². The van der Waals surface area contributed by atoms with Crippen molar-refractivity contribution in [2.75, 3.05) is 0 Å². The molecule has 186 valence electrons. The first-order chi connectivity index (χ1) is 17.1. The standard InChI is InChI=1S/C28H26ClFN2O4/c1-16-10-23(7-4-18(16)5-9-27(33)34)36-24-13-19(12-22(30)15-24)17(2)31-28(35)26-14-20-11-21(29)6-8-25(20)32(26)3/h4,6-8,10-15,17H,5,9H2,1-3H3,(H,31,35)(H,33,34)/t17-/m1/s1. The van der Waals surface area contributed by atoms with E-state index in [9.17, 15) is 14.0 Å². The summed E-state index contributed by atoms with van der Waals surface area (Å²) in [5.74, 6) is -0.834. The zero-order chi connectivity index (χ0) is 26.0. The van der Waals surface area contributed by atoms with Crippen molar-refractivity contribution in [2.45, 2.75) is 32.7 Å². The summed E-state index contributed by atoms with van der Waals surface area (Å²) in [6, 6.07) is 16.4. The molecule has 0 aliphatic carbocycles. The molecule has 4 aromatic rings. The molecule has 2 N–H and O–H groups in total. The van der Waals surface area contributed by atoms with E-state index in [0.29, 0.717) is 34.2 Å². The lowest BCUT2D eigenvalue weighted by atomic mass is 10.0. The Bertz CT molecular complexity index is 1460. The number of nitrogens with one attached hydrogen (secondary N) is 1. The maximum Gasteiger partial charge on any atom is 0.303 e. The first-order valence-electron chi connectivity index (χ1n) is 11.5. The van der Waals surface area contributed by atoms with Gasteiger partial charge in [-0.2, -0.15) is 0 Å². The summed E-state index contributed by atoms with van der Waals surface area (Å²) in [5.41, 5.74) is 3.70. The van der Waals surface area contributed by atoms with E-state index in [1.54, 1.807) is 54.9 Å². The normalized spacial score (nSPS) is 11.9. The second-order valence-corrected chi connectivity index (χ2v) is 9.23. The lowest BCUT2D eigenvalue weighted by molar-refractivity contribution is -0.136. The van der Waals surface area contributed by atoms with Gasteiger partial charge in [0.05, 0.1) is 6.04 Å². The van der Waals surface area contributed by atoms with Crippen LogP contribution in [0.4, 0.5) is 4.39 Å². The maximum absolute atomic E-state index is 14.4. The number of hydrogen-bond donors (Lipinski definition) is 2. The lowest BCUT2D eigenvalue weighted by Gasteiger charge is -2.17. The summed E-state index contributed by atoms with van der Waals surface area (Å²) < 4.78 is 22.1. The minimum absolute atomic E-state index is 0.0461. The van der Waals surface area contributed by atoms with Crippen molar-refractivity contribution in [1.82, 2.24) is 9.88 Å². The Kier molecular flexibility index (Phi) is 7.31. The number of aromatic nitrogens is 1. The highest BCUT2D eigenvalue weighted by Crippen LogP contribution is 2.29. The monoisotopic (exact) mass is 508 g/mol. The van der Waals surface area contributed by atoms with Crippen LogP contribution in [0.5, 0.6) is 11.5 Å². The van der Waals surface area contributed by atoms with E-state index in [1.165, 1.54) is 12.1 Å². The van der Waals surface area contributed by atoms with E-state index in [-0.39, 0.29) is 12.3 Å². The zero-order valence-corrected chi connectivity index (χ0v) is 20.9. The molecule has 0 fully saturated rings. The molecule has 8 heteroatoms. The minimum atomic E-state index is -0.854. The largest absolute Gasteiger partial charge is 0.481 e. The molecule has 1 aromatic heterocycles. The SMILES string of the molecule is Cc1cc(Oc2cc(F)cc([C@@H](C)NC(=O)c3cc4cc(Cl)ccc4n3C)c2)ccc1CCC(=O)O. The van der Waals surface area contributed by atoms with Gasteiger partial charge in [0.1, 0.15) is 23.0 Å². The fourth-order valence-corrected chi connectivity index (χ4v) is 4.36. The van der Waals surface area contributed by atoms with Crippen LogP contribution in [0.1, 0.15) is 46.6 Å². The molecule has 0 saturated heterocycles. The Balaban J connectivity index is 1.50. The van der Waals surface area contributed by atoms with Crippen LogP contribution >= 0.6 is 11.6 Å². The second kappa shape index (κ2) is 10.4. The smallest absolute Gasteiger partial charge is 0.303 e. The minimum Gasteiger partial charge on any atom is -0.481 e. The topological polar surface area (TPSA) is 80.6 Å². The van der Waals surface area contributed by atoms with Crippen LogP contribution in [-0.2, 0) is 18.3 Å². The molecule has 0 spiro atoms. The maximum atomic E-state index is 14.4. The van der Waals surface area contributed by atoms with Crippen LogP contribution in [-0.4, -0.2) is 21.6 Å². The van der Waals surface area contributed by atoms with Gasteiger partial charge in [-0.15, -0.1) is 0 Å². The third-order valence-electron chi connectivity index (χ3n) is 6.14. The summed E-state index contributed by atoms with van der Waals surface area (Å²) in [4.78, 5) is 23.8. The number of carbonyl (C=O) groups is 2. The Labute approximate surface area is 213 Å². The van der Waals surface area contributed by atoms with Gasteiger partial charge in [0, 0.05) is 35.5 Å². The molecule has 4 rings (SSSR count). The van der Waals surface area contributed by atoms with Gasteiger partial charge >= 0.3 is 5.97 Å². The average Bonchev–Trinajstić information content (AvgIpc) is 3.13. The Morgan fingerprint density at radius 3 is 2.58 bits per heavy atom. The van der Waals surface area contributed by atoms with Crippen molar-refractivity contribution in [3.05, 3.63) is 93.9 Å². The van der Waals surface area contributed by atoms with Crippen LogP contribution in [0.3, 0.4) is 0 Å². The van der Waals surface area contributed by atoms with Gasteiger partial charge in [-0.1, -0.05) is 17.7 Å². The number of rotatable bonds is 8. The second-order valence-electron chi connectivity index (χ2n) is 8.79. The predicted molar refractivity (Wildman–Crippen MR) is 137 cm³/mol. The summed E-state index contributed by atoms with van der Waals surface area (Å²) in [6.07, 6.45) is 0.469. The van der Waals surface area contributed by atoms with Crippen LogP contribution in [0.15, 0.2) is 60.7 Å². The summed E-state index contributed by atoms with van der Waals surface area (Å²) in [5, 5.41) is 13.3. The Morgan fingerprint density at radius 1 is 1.08 bits per heavy atom. The van der Waals surface area contributed by atoms with E-state index < -0.39 is 17.8 Å². The van der Waals surface area contributed by atoms with Crippen LogP contribution < -0.4 is 10.1 Å². The van der Waals surface area contributed by atoms with E-state index in [2.05, 4.69) is 5.32 Å². The number of amides is 1. The number of nitrogens with zero attached hydrogens (tertiary/aromatic N) is 1. The molecular formula is C28H26ClFN2O4. The first-order valence-corrected chi connectivity index (χ1v) is 11.8. The van der Waals surface area contributed by atoms with E-state index in [1.807, 2.05) is 19.1 Å². The molecule has 36 heavy (non-hydrogen) atoms. The van der Waals surface area contributed by atoms with Gasteiger partial charge in [-0.3, -0.25) is 9.59 Å². The molecule has 0 aliphatic rings. The number of ether oxygens (including phenoxy) is 1. The van der Waals surface area contributed by atoms with E-state index in [4.69, 9.17) is 21.4 Å². The van der Waals surface area contributed by atoms with Gasteiger partial charge in [-0.25, -0.2) is 4.39 Å². The highest BCUT2D eigenvalue weighted by molar-refractivity contribution is 6.31. The number of fused-ring (bicyclic) bond motifs is 1. The molecule has 3 aromatic carbocycles. The Hall–Kier alpha value is -3.84. The van der Waals surface area contributed by atoms with Gasteiger partial charge < -0.3 is 19.7 Å². The number of hydrogen-bond acceptors (Lipinski definition) is 3. The third kappa shape index (κ3) is 5.69. The summed E-state index contributed by atoms with van der Waals surface area (Å²) >= 11 is 6.08. The molecule has 0 unspecified atom stereocenters. The molecule has 0 aliphatic heterocycles. The number of carboxylic acid groups (broad SMARTS) is 1. The quantitative estimate of drug-likeness (QED) is 0.282. The molecule has 1 amide bonds. The van der Waals surface area contributed by atoms with E-state index >= 15 is 0 Å². The van der Waals surface area contributed by atoms with Crippen LogP contribution in [0, 0.1) is 12.7 Å². The molecule has 0 saturated carbocycles. The summed E-state index contributed by atoms with van der Waals surface area (Å²) in [6.45, 7) is 3.65. The van der Waals surface area contributed by atoms with Crippen molar-refractivity contribution < 1.29 is 23.8 Å². The molecule has 1 atom stereocenters. The number of aryl methyl sites for hydroxylation is 3. The van der Waals surface area contributed by atoms with Crippen molar-refractivity contribution in [2.24, 2.45) is 7.05 Å². The number of carbonyl (C=O) groups excluding carboxylic acids is 1. The van der Waals surface area contributed by atoms with Gasteiger partial charge in [0.25, 0.3) is 5.91 Å². The number of aliphatic carboxylic acids is 1.